The van der Waals surface area contributed by atoms with E-state index in [9.17, 15) is 13.2 Å². The Morgan fingerprint density at radius 2 is 1.94 bits per heavy atom. The summed E-state index contributed by atoms with van der Waals surface area (Å²) in [5, 5.41) is 0. The average molecular weight is 242 g/mol. The topological polar surface area (TPSA) is 80.5 Å². The summed E-state index contributed by atoms with van der Waals surface area (Å²) in [6, 6.07) is 4.70. The average Bonchev–Trinajstić information content (AvgIpc) is 2.15. The van der Waals surface area contributed by atoms with Crippen molar-refractivity contribution in [1.29, 1.82) is 0 Å². The third-order valence-corrected chi connectivity index (χ3v) is 3.52. The van der Waals surface area contributed by atoms with Gasteiger partial charge in [-0.1, -0.05) is 6.07 Å². The fourth-order valence-corrected chi connectivity index (χ4v) is 1.83. The number of carbonyl (C=O) groups excluding carboxylic acids is 1. The molecule has 1 rings (SSSR count). The van der Waals surface area contributed by atoms with E-state index in [1.165, 1.54) is 13.1 Å². The van der Waals surface area contributed by atoms with Crippen LogP contribution >= 0.6 is 0 Å². The molecule has 0 saturated heterocycles. The van der Waals surface area contributed by atoms with Gasteiger partial charge < -0.3 is 5.73 Å². The molecule has 0 aliphatic heterocycles. The molecule has 0 unspecified atom stereocenters. The van der Waals surface area contributed by atoms with E-state index in [1.54, 1.807) is 19.1 Å². The number of sulfonamides is 1. The van der Waals surface area contributed by atoms with E-state index >= 15 is 0 Å². The van der Waals surface area contributed by atoms with E-state index in [0.29, 0.717) is 5.69 Å². The van der Waals surface area contributed by atoms with Gasteiger partial charge in [0.15, 0.2) is 0 Å². The molecule has 16 heavy (non-hydrogen) atoms. The molecule has 1 aromatic rings. The molecule has 0 bridgehead atoms. The van der Waals surface area contributed by atoms with Crippen molar-refractivity contribution < 1.29 is 13.2 Å². The van der Waals surface area contributed by atoms with Crippen molar-refractivity contribution in [2.75, 3.05) is 17.6 Å². The van der Waals surface area contributed by atoms with E-state index in [2.05, 4.69) is 0 Å². The minimum Gasteiger partial charge on any atom is -0.366 e. The highest BCUT2D eigenvalue weighted by Gasteiger charge is 2.15. The van der Waals surface area contributed by atoms with Crippen molar-refractivity contribution in [2.24, 2.45) is 5.73 Å². The molecular weight excluding hydrogens is 228 g/mol. The number of hydrogen-bond acceptors (Lipinski definition) is 3. The molecular formula is C10H14N2O3S. The van der Waals surface area contributed by atoms with Gasteiger partial charge in [0.1, 0.15) is 0 Å². The summed E-state index contributed by atoms with van der Waals surface area (Å²) < 4.78 is 23.9. The molecule has 6 heteroatoms. The largest absolute Gasteiger partial charge is 0.366 e. The van der Waals surface area contributed by atoms with Crippen LogP contribution in [0.5, 0.6) is 0 Å². The number of rotatable bonds is 3. The van der Waals surface area contributed by atoms with Crippen molar-refractivity contribution in [2.45, 2.75) is 6.92 Å². The van der Waals surface area contributed by atoms with Gasteiger partial charge in [-0.15, -0.1) is 0 Å². The Labute approximate surface area is 94.9 Å². The van der Waals surface area contributed by atoms with Crippen LogP contribution in [0.4, 0.5) is 5.69 Å². The number of benzene rings is 1. The lowest BCUT2D eigenvalue weighted by Gasteiger charge is -2.19. The van der Waals surface area contributed by atoms with Gasteiger partial charge in [0, 0.05) is 12.6 Å². The summed E-state index contributed by atoms with van der Waals surface area (Å²) in [7, 11) is -1.91. The van der Waals surface area contributed by atoms with Crippen LogP contribution in [-0.4, -0.2) is 27.6 Å². The van der Waals surface area contributed by atoms with Gasteiger partial charge >= 0.3 is 0 Å². The molecule has 2 N–H and O–H groups in total. The van der Waals surface area contributed by atoms with Crippen LogP contribution in [0.1, 0.15) is 15.9 Å². The van der Waals surface area contributed by atoms with E-state index in [0.717, 1.165) is 16.1 Å². The fourth-order valence-electron chi connectivity index (χ4n) is 1.28. The molecule has 0 aromatic heterocycles. The number of anilines is 1. The zero-order chi connectivity index (χ0) is 12.5. The summed E-state index contributed by atoms with van der Waals surface area (Å²) in [5.41, 5.74) is 6.64. The molecule has 0 radical (unpaired) electrons. The highest BCUT2D eigenvalue weighted by Crippen LogP contribution is 2.22. The van der Waals surface area contributed by atoms with Crippen molar-refractivity contribution in [3.63, 3.8) is 0 Å². The Kier molecular flexibility index (Phi) is 3.23. The van der Waals surface area contributed by atoms with Crippen LogP contribution in [0.15, 0.2) is 18.2 Å². The van der Waals surface area contributed by atoms with Gasteiger partial charge in [-0.25, -0.2) is 8.42 Å². The number of primary amides is 1. The first-order valence-corrected chi connectivity index (χ1v) is 6.42. The number of amides is 1. The summed E-state index contributed by atoms with van der Waals surface area (Å²) >= 11 is 0. The smallest absolute Gasteiger partial charge is 0.248 e. The van der Waals surface area contributed by atoms with E-state index < -0.39 is 15.9 Å². The van der Waals surface area contributed by atoms with Crippen LogP contribution in [0.3, 0.4) is 0 Å². The molecule has 1 aromatic carbocycles. The molecule has 88 valence electrons. The normalized spacial score (nSPS) is 11.2. The summed E-state index contributed by atoms with van der Waals surface area (Å²) in [4.78, 5) is 11.0. The van der Waals surface area contributed by atoms with E-state index in [4.69, 9.17) is 5.73 Å². The molecule has 0 atom stereocenters. The Hall–Kier alpha value is -1.56. The zero-order valence-corrected chi connectivity index (χ0v) is 10.2. The van der Waals surface area contributed by atoms with Crippen molar-refractivity contribution in [3.05, 3.63) is 29.3 Å². The lowest BCUT2D eigenvalue weighted by atomic mass is 10.1. The van der Waals surface area contributed by atoms with Gasteiger partial charge in [-0.05, 0) is 24.6 Å². The molecule has 0 aliphatic carbocycles. The van der Waals surface area contributed by atoms with Crippen LogP contribution < -0.4 is 10.0 Å². The second-order valence-corrected chi connectivity index (χ2v) is 5.61. The maximum atomic E-state index is 11.4. The van der Waals surface area contributed by atoms with Gasteiger partial charge in [0.05, 0.1) is 11.9 Å². The number of carbonyl (C=O) groups is 1. The first-order chi connectivity index (χ1) is 7.23. The first-order valence-electron chi connectivity index (χ1n) is 4.58. The van der Waals surface area contributed by atoms with Crippen molar-refractivity contribution in [3.8, 4) is 0 Å². The maximum absolute atomic E-state index is 11.4. The van der Waals surface area contributed by atoms with Crippen molar-refractivity contribution >= 4 is 21.6 Å². The Morgan fingerprint density at radius 3 is 2.38 bits per heavy atom. The standard InChI is InChI=1S/C10H14N2O3S/c1-7-4-5-8(10(11)13)6-9(7)12(2)16(3,14)15/h4-6H,1-3H3,(H2,11,13). The highest BCUT2D eigenvalue weighted by molar-refractivity contribution is 7.92. The second-order valence-electron chi connectivity index (χ2n) is 3.60. The van der Waals surface area contributed by atoms with Gasteiger partial charge in [0.25, 0.3) is 0 Å². The SMILES string of the molecule is Cc1ccc(C(N)=O)cc1N(C)S(C)(=O)=O. The maximum Gasteiger partial charge on any atom is 0.248 e. The predicted molar refractivity (Wildman–Crippen MR) is 62.9 cm³/mol. The van der Waals surface area contributed by atoms with Gasteiger partial charge in [-0.2, -0.15) is 0 Å². The van der Waals surface area contributed by atoms with Crippen LogP contribution in [0, 0.1) is 6.92 Å². The van der Waals surface area contributed by atoms with Gasteiger partial charge in [-0.3, -0.25) is 9.10 Å². The predicted octanol–water partition coefficient (Wildman–Crippen LogP) is 0.490. The van der Waals surface area contributed by atoms with Crippen LogP contribution in [0.2, 0.25) is 0 Å². The Balaban J connectivity index is 3.33. The van der Waals surface area contributed by atoms with Crippen LogP contribution in [0.25, 0.3) is 0 Å². The number of aryl methyl sites for hydroxylation is 1. The van der Waals surface area contributed by atoms with E-state index in [1.807, 2.05) is 0 Å². The number of nitrogens with two attached hydrogens (primary N) is 1. The zero-order valence-electron chi connectivity index (χ0n) is 9.39. The lowest BCUT2D eigenvalue weighted by molar-refractivity contribution is 0.100. The second kappa shape index (κ2) is 4.13. The summed E-state index contributed by atoms with van der Waals surface area (Å²) in [5.74, 6) is -0.580. The molecule has 5 nitrogen and oxygen atoms in total. The third kappa shape index (κ3) is 2.52. The molecule has 1 amide bonds. The lowest BCUT2D eigenvalue weighted by Crippen LogP contribution is -2.26. The quantitative estimate of drug-likeness (QED) is 0.837. The fraction of sp³-hybridized carbons (Fsp3) is 0.300. The number of hydrogen-bond donors (Lipinski definition) is 1. The highest BCUT2D eigenvalue weighted by atomic mass is 32.2. The van der Waals surface area contributed by atoms with Gasteiger partial charge in [0.2, 0.25) is 15.9 Å². The minimum absolute atomic E-state index is 0.288. The first kappa shape index (κ1) is 12.5. The minimum atomic E-state index is -3.34. The summed E-state index contributed by atoms with van der Waals surface area (Å²) in [6.45, 7) is 1.77. The van der Waals surface area contributed by atoms with Crippen LogP contribution in [-0.2, 0) is 10.0 Å². The molecule has 0 heterocycles. The molecule has 0 saturated carbocycles. The third-order valence-electron chi connectivity index (χ3n) is 2.33. The molecule has 0 aliphatic rings. The molecule has 0 fully saturated rings. The number of nitrogens with zero attached hydrogens (tertiary/aromatic N) is 1. The van der Waals surface area contributed by atoms with Crippen molar-refractivity contribution in [1.82, 2.24) is 0 Å². The summed E-state index contributed by atoms with van der Waals surface area (Å²) in [6.07, 6.45) is 1.10. The Morgan fingerprint density at radius 1 is 1.38 bits per heavy atom. The Bertz CT molecular complexity index is 523. The molecule has 0 spiro atoms. The monoisotopic (exact) mass is 242 g/mol. The van der Waals surface area contributed by atoms with E-state index in [-0.39, 0.29) is 5.56 Å².